The highest BCUT2D eigenvalue weighted by molar-refractivity contribution is 9.10. The molecule has 1 aromatic carbocycles. The maximum absolute atomic E-state index is 12.6. The molecule has 2 aliphatic rings. The first-order valence-corrected chi connectivity index (χ1v) is 10.5. The molecule has 0 bridgehead atoms. The Morgan fingerprint density at radius 3 is 2.68 bits per heavy atom. The number of hydrogen-bond acceptors (Lipinski definition) is 6. The third-order valence-electron chi connectivity index (χ3n) is 4.87. The lowest BCUT2D eigenvalue weighted by molar-refractivity contribution is -0.136. The number of halogens is 1. The van der Waals surface area contributed by atoms with E-state index in [1.807, 2.05) is 0 Å². The number of ether oxygens (including phenoxy) is 1. The van der Waals surface area contributed by atoms with Gasteiger partial charge in [-0.15, -0.1) is 0 Å². The van der Waals surface area contributed by atoms with Crippen LogP contribution in [0.2, 0.25) is 0 Å². The normalized spacial score (nSPS) is 19.6. The van der Waals surface area contributed by atoms with Crippen molar-refractivity contribution in [3.05, 3.63) is 27.1 Å². The molecule has 2 aliphatic heterocycles. The molecule has 0 aromatic heterocycles. The minimum Gasteiger partial charge on any atom is -0.503 e. The molecule has 3 amide bonds. The van der Waals surface area contributed by atoms with Crippen LogP contribution in [0.5, 0.6) is 11.5 Å². The van der Waals surface area contributed by atoms with Gasteiger partial charge in [-0.2, -0.15) is 0 Å². The van der Waals surface area contributed by atoms with E-state index in [2.05, 4.69) is 22.9 Å². The fourth-order valence-electron chi connectivity index (χ4n) is 3.11. The fraction of sp³-hybridized carbons (Fsp3) is 0.421. The lowest BCUT2D eigenvalue weighted by atomic mass is 9.99. The van der Waals surface area contributed by atoms with E-state index in [-0.39, 0.29) is 28.9 Å². The van der Waals surface area contributed by atoms with E-state index in [1.54, 1.807) is 23.1 Å². The molecule has 1 aromatic rings. The Labute approximate surface area is 175 Å². The van der Waals surface area contributed by atoms with Crippen LogP contribution in [0.25, 0.3) is 6.08 Å². The summed E-state index contributed by atoms with van der Waals surface area (Å²) in [7, 11) is 1.42. The third kappa shape index (κ3) is 4.35. The van der Waals surface area contributed by atoms with Gasteiger partial charge < -0.3 is 14.7 Å². The molecule has 3 rings (SSSR count). The van der Waals surface area contributed by atoms with Crippen LogP contribution in [-0.2, 0) is 9.59 Å². The number of thioether (sulfide) groups is 1. The van der Waals surface area contributed by atoms with Crippen LogP contribution in [0.1, 0.15) is 25.3 Å². The number of carbonyl (C=O) groups is 3. The average molecular weight is 469 g/mol. The molecule has 2 heterocycles. The molecular weight excluding hydrogens is 448 g/mol. The molecule has 0 atom stereocenters. The molecular formula is C19H21BrN2O5S. The summed E-state index contributed by atoms with van der Waals surface area (Å²) < 4.78 is 5.51. The number of carbonyl (C=O) groups excluding carboxylic acids is 3. The fourth-order valence-corrected chi connectivity index (χ4v) is 4.41. The van der Waals surface area contributed by atoms with Crippen molar-refractivity contribution >= 4 is 50.8 Å². The van der Waals surface area contributed by atoms with Gasteiger partial charge in [0.05, 0.1) is 16.5 Å². The van der Waals surface area contributed by atoms with E-state index in [0.29, 0.717) is 29.0 Å². The molecule has 9 heteroatoms. The maximum Gasteiger partial charge on any atom is 0.294 e. The number of methoxy groups -OCH3 is 1. The monoisotopic (exact) mass is 468 g/mol. The van der Waals surface area contributed by atoms with Crippen molar-refractivity contribution in [2.24, 2.45) is 5.92 Å². The minimum atomic E-state index is -0.489. The summed E-state index contributed by atoms with van der Waals surface area (Å²) in [5, 5.41) is 9.43. The third-order valence-corrected chi connectivity index (χ3v) is 6.38. The Hall–Kier alpha value is -2.00. The second-order valence-electron chi connectivity index (χ2n) is 6.88. The summed E-state index contributed by atoms with van der Waals surface area (Å²) in [6.07, 6.45) is 3.42. The van der Waals surface area contributed by atoms with Crippen molar-refractivity contribution in [2.75, 3.05) is 26.7 Å². The van der Waals surface area contributed by atoms with Gasteiger partial charge in [-0.1, -0.05) is 6.92 Å². The van der Waals surface area contributed by atoms with Crippen molar-refractivity contribution in [1.29, 1.82) is 0 Å². The molecule has 0 spiro atoms. The number of phenols is 1. The average Bonchev–Trinajstić information content (AvgIpc) is 2.92. The van der Waals surface area contributed by atoms with Gasteiger partial charge in [-0.05, 0) is 70.2 Å². The molecule has 0 aliphatic carbocycles. The lowest BCUT2D eigenvalue weighted by Crippen LogP contribution is -2.45. The van der Waals surface area contributed by atoms with E-state index >= 15 is 0 Å². The Morgan fingerprint density at radius 2 is 2.04 bits per heavy atom. The van der Waals surface area contributed by atoms with Gasteiger partial charge in [-0.3, -0.25) is 19.3 Å². The summed E-state index contributed by atoms with van der Waals surface area (Å²) in [6, 6.07) is 3.18. The number of amides is 3. The summed E-state index contributed by atoms with van der Waals surface area (Å²) in [4.78, 5) is 40.3. The summed E-state index contributed by atoms with van der Waals surface area (Å²) >= 11 is 4.03. The second kappa shape index (κ2) is 8.57. The van der Waals surface area contributed by atoms with Crippen LogP contribution in [0.15, 0.2) is 21.5 Å². The first-order chi connectivity index (χ1) is 13.3. The Balaban J connectivity index is 1.74. The van der Waals surface area contributed by atoms with Crippen molar-refractivity contribution in [1.82, 2.24) is 9.80 Å². The number of phenolic OH excluding ortho intramolecular Hbond substituents is 1. The van der Waals surface area contributed by atoms with Gasteiger partial charge in [0.1, 0.15) is 6.54 Å². The zero-order chi connectivity index (χ0) is 20.4. The van der Waals surface area contributed by atoms with E-state index in [1.165, 1.54) is 7.11 Å². The molecule has 0 unspecified atom stereocenters. The molecule has 7 nitrogen and oxygen atoms in total. The van der Waals surface area contributed by atoms with E-state index in [0.717, 1.165) is 29.5 Å². The van der Waals surface area contributed by atoms with E-state index in [9.17, 15) is 19.5 Å². The Bertz CT molecular complexity index is 849. The smallest absolute Gasteiger partial charge is 0.294 e. The maximum atomic E-state index is 12.6. The highest BCUT2D eigenvalue weighted by Crippen LogP contribution is 2.38. The summed E-state index contributed by atoms with van der Waals surface area (Å²) in [6.45, 7) is 3.24. The topological polar surface area (TPSA) is 87.2 Å². The lowest BCUT2D eigenvalue weighted by Gasteiger charge is -2.31. The van der Waals surface area contributed by atoms with Crippen LogP contribution in [0.3, 0.4) is 0 Å². The Kier molecular flexibility index (Phi) is 6.34. The van der Waals surface area contributed by atoms with E-state index < -0.39 is 11.1 Å². The van der Waals surface area contributed by atoms with Gasteiger partial charge in [0.25, 0.3) is 11.1 Å². The predicted molar refractivity (Wildman–Crippen MR) is 110 cm³/mol. The number of rotatable bonds is 4. The SMILES string of the molecule is COc1cc(/C=C2/SC(=O)N(CC(=O)N3CCC(C)CC3)C2=O)cc(Br)c1O. The van der Waals surface area contributed by atoms with Gasteiger partial charge in [0.2, 0.25) is 5.91 Å². The van der Waals surface area contributed by atoms with Crippen LogP contribution < -0.4 is 4.74 Å². The zero-order valence-corrected chi connectivity index (χ0v) is 18.0. The molecule has 0 radical (unpaired) electrons. The predicted octanol–water partition coefficient (Wildman–Crippen LogP) is 3.46. The molecule has 1 N–H and O–H groups in total. The summed E-state index contributed by atoms with van der Waals surface area (Å²) in [5.74, 6) is 0.0933. The number of hydrogen-bond donors (Lipinski definition) is 1. The van der Waals surface area contributed by atoms with Crippen molar-refractivity contribution in [2.45, 2.75) is 19.8 Å². The number of imide groups is 1. The number of aromatic hydroxyl groups is 1. The van der Waals surface area contributed by atoms with Crippen LogP contribution in [-0.4, -0.2) is 58.7 Å². The van der Waals surface area contributed by atoms with Crippen molar-refractivity contribution in [3.63, 3.8) is 0 Å². The molecule has 150 valence electrons. The highest BCUT2D eigenvalue weighted by atomic mass is 79.9. The second-order valence-corrected chi connectivity index (χ2v) is 8.73. The van der Waals surface area contributed by atoms with Crippen molar-refractivity contribution in [3.8, 4) is 11.5 Å². The zero-order valence-electron chi connectivity index (χ0n) is 15.6. The molecule has 28 heavy (non-hydrogen) atoms. The minimum absolute atomic E-state index is 0.0470. The summed E-state index contributed by atoms with van der Waals surface area (Å²) in [5.41, 5.74) is 0.586. The number of nitrogens with zero attached hydrogens (tertiary/aromatic N) is 2. The van der Waals surface area contributed by atoms with Crippen LogP contribution in [0, 0.1) is 5.92 Å². The van der Waals surface area contributed by atoms with Gasteiger partial charge in [0.15, 0.2) is 11.5 Å². The number of piperidine rings is 1. The largest absolute Gasteiger partial charge is 0.503 e. The van der Waals surface area contributed by atoms with Crippen LogP contribution >= 0.6 is 27.7 Å². The first kappa shape index (κ1) is 20.7. The molecule has 0 saturated carbocycles. The molecule has 2 fully saturated rings. The van der Waals surface area contributed by atoms with E-state index in [4.69, 9.17) is 4.74 Å². The quantitative estimate of drug-likeness (QED) is 0.680. The van der Waals surface area contributed by atoms with Gasteiger partial charge >= 0.3 is 0 Å². The van der Waals surface area contributed by atoms with Crippen LogP contribution in [0.4, 0.5) is 4.79 Å². The number of benzene rings is 1. The van der Waals surface area contributed by atoms with Crippen molar-refractivity contribution < 1.29 is 24.2 Å². The molecule has 2 saturated heterocycles. The standard InChI is InChI=1S/C19H21BrN2O5S/c1-11-3-5-21(6-4-11)16(23)10-22-18(25)15(28-19(22)26)9-12-7-13(20)17(24)14(8-12)27-2/h7-9,11,24H,3-6,10H2,1-2H3/b15-9+. The van der Waals surface area contributed by atoms with Gasteiger partial charge in [0, 0.05) is 13.1 Å². The Morgan fingerprint density at radius 1 is 1.36 bits per heavy atom. The first-order valence-electron chi connectivity index (χ1n) is 8.89. The highest BCUT2D eigenvalue weighted by Gasteiger charge is 2.37. The van der Waals surface area contributed by atoms with Gasteiger partial charge in [-0.25, -0.2) is 0 Å². The number of likely N-dealkylation sites (tertiary alicyclic amines) is 1.